The number of hydrogen-bond donors (Lipinski definition) is 1. The minimum absolute atomic E-state index is 0.0589. The zero-order valence-electron chi connectivity index (χ0n) is 16.6. The molecule has 0 amide bonds. The number of nitrogens with zero attached hydrogens (tertiary/aromatic N) is 5. The molecule has 0 saturated heterocycles. The Morgan fingerprint density at radius 3 is 2.60 bits per heavy atom. The van der Waals surface area contributed by atoms with Crippen LogP contribution in [0.15, 0.2) is 24.9 Å². The van der Waals surface area contributed by atoms with Crippen LogP contribution in [0.4, 0.5) is 24.7 Å². The molecule has 0 bridgehead atoms. The monoisotopic (exact) mass is 434 g/mol. The molecule has 30 heavy (non-hydrogen) atoms. The van der Waals surface area contributed by atoms with Gasteiger partial charge in [0.1, 0.15) is 0 Å². The number of anilines is 2. The van der Waals surface area contributed by atoms with Crippen molar-refractivity contribution >= 4 is 29.0 Å². The van der Waals surface area contributed by atoms with E-state index in [9.17, 15) is 18.4 Å². The Labute approximate surface area is 177 Å². The average Bonchev–Trinajstić information content (AvgIpc) is 3.51. The molecule has 0 atom stereocenters. The van der Waals surface area contributed by atoms with Gasteiger partial charge in [0.15, 0.2) is 11.5 Å². The quantitative estimate of drug-likeness (QED) is 0.691. The molecular formula is C20H21F3N6S. The van der Waals surface area contributed by atoms with Gasteiger partial charge in [0, 0.05) is 19.0 Å². The van der Waals surface area contributed by atoms with Gasteiger partial charge in [-0.25, -0.2) is 0 Å². The van der Waals surface area contributed by atoms with Gasteiger partial charge in [-0.2, -0.15) is 30.2 Å². The number of rotatable bonds is 7. The first-order valence-electron chi connectivity index (χ1n) is 9.24. The molecule has 1 fully saturated rings. The van der Waals surface area contributed by atoms with Crippen molar-refractivity contribution in [1.29, 1.82) is 5.26 Å². The van der Waals surface area contributed by atoms with E-state index in [1.165, 1.54) is 4.90 Å². The van der Waals surface area contributed by atoms with Crippen molar-refractivity contribution in [3.63, 3.8) is 0 Å². The first-order chi connectivity index (χ1) is 14.1. The van der Waals surface area contributed by atoms with Gasteiger partial charge < -0.3 is 10.6 Å². The van der Waals surface area contributed by atoms with Gasteiger partial charge in [-0.05, 0) is 41.9 Å². The highest BCUT2D eigenvalue weighted by Gasteiger charge is 2.45. The summed E-state index contributed by atoms with van der Waals surface area (Å²) in [5.41, 5.74) is 6.82. The van der Waals surface area contributed by atoms with E-state index in [2.05, 4.69) is 27.8 Å². The van der Waals surface area contributed by atoms with Crippen molar-refractivity contribution in [3.05, 3.63) is 47.4 Å². The minimum Gasteiger partial charge on any atom is -0.396 e. The fourth-order valence-corrected chi connectivity index (χ4v) is 3.67. The SMILES string of the molecule is C=C(c1ncc(C2(C#N)CC2)cc1CSCC)N(C)c1nnc(C(F)(F)F)cc1N. The van der Waals surface area contributed by atoms with E-state index in [1.54, 1.807) is 25.0 Å². The van der Waals surface area contributed by atoms with Crippen LogP contribution in [0, 0.1) is 11.3 Å². The summed E-state index contributed by atoms with van der Waals surface area (Å²) in [5, 5.41) is 16.4. The molecule has 0 aromatic carbocycles. The Morgan fingerprint density at radius 2 is 2.07 bits per heavy atom. The predicted octanol–water partition coefficient (Wildman–Crippen LogP) is 4.39. The van der Waals surface area contributed by atoms with Crippen LogP contribution < -0.4 is 10.6 Å². The van der Waals surface area contributed by atoms with Crippen molar-refractivity contribution in [3.8, 4) is 6.07 Å². The summed E-state index contributed by atoms with van der Waals surface area (Å²) in [7, 11) is 1.60. The molecule has 2 aromatic heterocycles. The van der Waals surface area contributed by atoms with Crippen LogP contribution >= 0.6 is 11.8 Å². The van der Waals surface area contributed by atoms with E-state index < -0.39 is 17.3 Å². The topological polar surface area (TPSA) is 91.7 Å². The van der Waals surface area contributed by atoms with Crippen molar-refractivity contribution in [2.45, 2.75) is 37.1 Å². The molecule has 1 aliphatic rings. The second-order valence-corrected chi connectivity index (χ2v) is 8.35. The number of pyridine rings is 1. The van der Waals surface area contributed by atoms with Crippen LogP contribution in [-0.2, 0) is 17.3 Å². The Hall–Kier alpha value is -2.80. The first kappa shape index (κ1) is 21.9. The predicted molar refractivity (Wildman–Crippen MR) is 111 cm³/mol. The number of thioether (sulfide) groups is 1. The summed E-state index contributed by atoms with van der Waals surface area (Å²) in [6.45, 7) is 6.09. The normalized spacial score (nSPS) is 14.8. The molecule has 0 radical (unpaired) electrons. The summed E-state index contributed by atoms with van der Waals surface area (Å²) in [6, 6.07) is 5.09. The molecule has 10 heteroatoms. The fourth-order valence-electron chi connectivity index (χ4n) is 3.03. The Morgan fingerprint density at radius 1 is 1.37 bits per heavy atom. The summed E-state index contributed by atoms with van der Waals surface area (Å²) >= 11 is 1.70. The van der Waals surface area contributed by atoms with Gasteiger partial charge in [0.2, 0.25) is 0 Å². The van der Waals surface area contributed by atoms with Crippen LogP contribution in [0.5, 0.6) is 0 Å². The lowest BCUT2D eigenvalue weighted by atomic mass is 9.97. The highest BCUT2D eigenvalue weighted by atomic mass is 32.2. The summed E-state index contributed by atoms with van der Waals surface area (Å²) in [5.74, 6) is 1.62. The van der Waals surface area contributed by atoms with Gasteiger partial charge in [0.25, 0.3) is 0 Å². The van der Waals surface area contributed by atoms with Crippen molar-refractivity contribution < 1.29 is 13.2 Å². The number of aromatic nitrogens is 3. The van der Waals surface area contributed by atoms with Gasteiger partial charge >= 0.3 is 6.18 Å². The Balaban J connectivity index is 1.94. The molecule has 3 rings (SSSR count). The molecule has 2 N–H and O–H groups in total. The van der Waals surface area contributed by atoms with Crippen LogP contribution in [-0.4, -0.2) is 28.0 Å². The minimum atomic E-state index is -4.63. The lowest BCUT2D eigenvalue weighted by Crippen LogP contribution is -2.21. The van der Waals surface area contributed by atoms with Gasteiger partial charge in [-0.1, -0.05) is 13.5 Å². The molecule has 0 aliphatic heterocycles. The number of alkyl halides is 3. The maximum Gasteiger partial charge on any atom is 0.435 e. The fraction of sp³-hybridized carbons (Fsp3) is 0.400. The second kappa shape index (κ2) is 8.14. The van der Waals surface area contributed by atoms with E-state index in [1.807, 2.05) is 13.0 Å². The molecule has 2 aromatic rings. The molecule has 158 valence electrons. The molecule has 1 aliphatic carbocycles. The number of nitrogen functional groups attached to an aromatic ring is 1. The molecular weight excluding hydrogens is 413 g/mol. The number of halogens is 3. The van der Waals surface area contributed by atoms with Crippen LogP contribution in [0.3, 0.4) is 0 Å². The average molecular weight is 434 g/mol. The standard InChI is InChI=1S/C20H21F3N6S/c1-4-30-10-13-7-14(19(11-24)5-6-19)9-26-17(13)12(2)29(3)18-15(25)8-16(27-28-18)20(21,22)23/h7-9H,2,4-6,10H2,1,3H3,(H2,25,27). The van der Waals surface area contributed by atoms with Crippen LogP contribution in [0.25, 0.3) is 5.70 Å². The molecule has 0 spiro atoms. The molecule has 1 saturated carbocycles. The number of hydrogen-bond acceptors (Lipinski definition) is 7. The van der Waals surface area contributed by atoms with Gasteiger partial charge in [-0.15, -0.1) is 10.2 Å². The summed E-state index contributed by atoms with van der Waals surface area (Å²) in [6.07, 6.45) is -1.34. The first-order valence-corrected chi connectivity index (χ1v) is 10.4. The second-order valence-electron chi connectivity index (χ2n) is 7.07. The zero-order valence-corrected chi connectivity index (χ0v) is 17.4. The maximum atomic E-state index is 12.8. The summed E-state index contributed by atoms with van der Waals surface area (Å²) < 4.78 is 38.5. The third-order valence-electron chi connectivity index (χ3n) is 5.03. The van der Waals surface area contributed by atoms with E-state index in [0.29, 0.717) is 17.1 Å². The third-order valence-corrected chi connectivity index (χ3v) is 5.96. The van der Waals surface area contributed by atoms with Crippen LogP contribution in [0.1, 0.15) is 42.3 Å². The van der Waals surface area contributed by atoms with Gasteiger partial charge in [-0.3, -0.25) is 4.98 Å². The van der Waals surface area contributed by atoms with E-state index in [0.717, 1.165) is 35.8 Å². The zero-order chi connectivity index (χ0) is 22.1. The molecule has 6 nitrogen and oxygen atoms in total. The molecule has 2 heterocycles. The van der Waals surface area contributed by atoms with Crippen molar-refractivity contribution in [1.82, 2.24) is 15.2 Å². The smallest absolute Gasteiger partial charge is 0.396 e. The van der Waals surface area contributed by atoms with E-state index in [-0.39, 0.29) is 11.5 Å². The number of nitrogens with two attached hydrogens (primary N) is 1. The van der Waals surface area contributed by atoms with Gasteiger partial charge in [0.05, 0.1) is 28.6 Å². The molecule has 0 unspecified atom stereocenters. The Kier molecular flexibility index (Phi) is 5.94. The lowest BCUT2D eigenvalue weighted by molar-refractivity contribution is -0.141. The van der Waals surface area contributed by atoms with Crippen molar-refractivity contribution in [2.75, 3.05) is 23.4 Å². The highest BCUT2D eigenvalue weighted by Crippen LogP contribution is 2.48. The summed E-state index contributed by atoms with van der Waals surface area (Å²) in [4.78, 5) is 6.02. The van der Waals surface area contributed by atoms with E-state index in [4.69, 9.17) is 5.73 Å². The number of nitriles is 1. The highest BCUT2D eigenvalue weighted by molar-refractivity contribution is 7.98. The third kappa shape index (κ3) is 4.21. The largest absolute Gasteiger partial charge is 0.435 e. The lowest BCUT2D eigenvalue weighted by Gasteiger charge is -2.23. The van der Waals surface area contributed by atoms with Crippen LogP contribution in [0.2, 0.25) is 0 Å². The maximum absolute atomic E-state index is 12.8. The Bertz CT molecular complexity index is 1010. The van der Waals surface area contributed by atoms with E-state index >= 15 is 0 Å². The van der Waals surface area contributed by atoms with Crippen molar-refractivity contribution in [2.24, 2.45) is 0 Å².